The van der Waals surface area contributed by atoms with Crippen molar-refractivity contribution in [3.05, 3.63) is 119 Å². The predicted octanol–water partition coefficient (Wildman–Crippen LogP) is 6.40. The van der Waals surface area contributed by atoms with Crippen LogP contribution in [0.2, 0.25) is 0 Å². The van der Waals surface area contributed by atoms with Crippen LogP contribution in [0, 0.1) is 0 Å². The Morgan fingerprint density at radius 1 is 0.854 bits per heavy atom. The highest BCUT2D eigenvalue weighted by Crippen LogP contribution is 2.39. The highest BCUT2D eigenvalue weighted by Gasteiger charge is 2.37. The Balaban J connectivity index is 1.16. The van der Waals surface area contributed by atoms with Gasteiger partial charge in [0.1, 0.15) is 23.0 Å². The van der Waals surface area contributed by atoms with E-state index in [-0.39, 0.29) is 37.1 Å². The van der Waals surface area contributed by atoms with Crippen LogP contribution in [0.5, 0.6) is 17.2 Å². The minimum absolute atomic E-state index is 0.0608. The molecular weight excluding hydrogens is 610 g/mol. The van der Waals surface area contributed by atoms with Crippen molar-refractivity contribution in [3.8, 4) is 17.2 Å². The maximum absolute atomic E-state index is 13.6. The first-order valence-electron chi connectivity index (χ1n) is 16.1. The van der Waals surface area contributed by atoms with E-state index in [4.69, 9.17) is 18.6 Å². The summed E-state index contributed by atoms with van der Waals surface area (Å²) in [5.41, 5.74) is 2.75. The number of carbonyl (C=O) groups excluding carboxylic acids is 3. The van der Waals surface area contributed by atoms with Crippen molar-refractivity contribution in [2.45, 2.75) is 32.7 Å². The van der Waals surface area contributed by atoms with E-state index >= 15 is 0 Å². The zero-order chi connectivity index (χ0) is 33.6. The third kappa shape index (κ3) is 7.07. The standard InChI is InChI=1S/C38H39N3O7/c1-4-46-38(44)36-26(2)41(35(42)24-33(36)27-9-8-12-31(23-27)47-30-10-6-5-7-11-30)25-32-17-18-34(48-32)37(43)40-21-19-39(20-22-40)28-13-15-29(45-3)16-14-28/h5-18,23,33H,4,19-22,24-25H2,1-3H3. The third-order valence-electron chi connectivity index (χ3n) is 8.75. The molecule has 0 N–H and O–H groups in total. The lowest BCUT2D eigenvalue weighted by Gasteiger charge is -2.35. The van der Waals surface area contributed by atoms with Crippen molar-refractivity contribution >= 4 is 23.5 Å². The lowest BCUT2D eigenvalue weighted by Crippen LogP contribution is -2.48. The molecule has 2 aliphatic rings. The molecule has 0 saturated carbocycles. The predicted molar refractivity (Wildman–Crippen MR) is 180 cm³/mol. The number of hydrogen-bond acceptors (Lipinski definition) is 8. The number of hydrogen-bond donors (Lipinski definition) is 0. The number of carbonyl (C=O) groups is 3. The summed E-state index contributed by atoms with van der Waals surface area (Å²) in [6.07, 6.45) is 0.0608. The minimum Gasteiger partial charge on any atom is -0.497 e. The first kappa shape index (κ1) is 32.4. The lowest BCUT2D eigenvalue weighted by atomic mass is 9.83. The summed E-state index contributed by atoms with van der Waals surface area (Å²) < 4.78 is 22.7. The summed E-state index contributed by atoms with van der Waals surface area (Å²) in [6.45, 7) is 6.26. The Kier molecular flexibility index (Phi) is 9.80. The molecule has 1 atom stereocenters. The van der Waals surface area contributed by atoms with Crippen LogP contribution >= 0.6 is 0 Å². The van der Waals surface area contributed by atoms with Crippen molar-refractivity contribution in [1.82, 2.24) is 9.80 Å². The number of para-hydroxylation sites is 1. The van der Waals surface area contributed by atoms with E-state index in [9.17, 15) is 14.4 Å². The third-order valence-corrected chi connectivity index (χ3v) is 8.75. The van der Waals surface area contributed by atoms with Gasteiger partial charge in [0.05, 0.1) is 25.8 Å². The van der Waals surface area contributed by atoms with Gasteiger partial charge in [0.2, 0.25) is 5.91 Å². The number of rotatable bonds is 10. The number of allylic oxidation sites excluding steroid dienone is 1. The lowest BCUT2D eigenvalue weighted by molar-refractivity contribution is -0.140. The molecule has 0 spiro atoms. The van der Waals surface area contributed by atoms with Gasteiger partial charge >= 0.3 is 5.97 Å². The Morgan fingerprint density at radius 3 is 2.29 bits per heavy atom. The molecule has 0 aliphatic carbocycles. The average molecular weight is 650 g/mol. The van der Waals surface area contributed by atoms with Crippen LogP contribution in [0.25, 0.3) is 0 Å². The molecule has 0 bridgehead atoms. The van der Waals surface area contributed by atoms with Crippen LogP contribution in [0.4, 0.5) is 5.69 Å². The molecule has 48 heavy (non-hydrogen) atoms. The Morgan fingerprint density at radius 2 is 1.58 bits per heavy atom. The number of amides is 2. The fourth-order valence-electron chi connectivity index (χ4n) is 6.23. The monoisotopic (exact) mass is 649 g/mol. The molecular formula is C38H39N3O7. The molecule has 248 valence electrons. The Labute approximate surface area is 280 Å². The number of anilines is 1. The zero-order valence-corrected chi connectivity index (χ0v) is 27.4. The van der Waals surface area contributed by atoms with E-state index in [1.165, 1.54) is 4.90 Å². The maximum Gasteiger partial charge on any atom is 0.336 e. The van der Waals surface area contributed by atoms with E-state index in [0.717, 1.165) is 17.0 Å². The molecule has 2 aliphatic heterocycles. The SMILES string of the molecule is CCOC(=O)C1=C(C)N(Cc2ccc(C(=O)N3CCN(c4ccc(OC)cc4)CC3)o2)C(=O)CC1c1cccc(Oc2ccccc2)c1. The molecule has 2 amide bonds. The zero-order valence-electron chi connectivity index (χ0n) is 27.4. The smallest absolute Gasteiger partial charge is 0.336 e. The molecule has 3 aromatic carbocycles. The molecule has 4 aromatic rings. The second kappa shape index (κ2) is 14.5. The van der Waals surface area contributed by atoms with E-state index in [1.807, 2.05) is 78.9 Å². The van der Waals surface area contributed by atoms with Gasteiger partial charge in [-0.2, -0.15) is 0 Å². The van der Waals surface area contributed by atoms with E-state index in [0.29, 0.717) is 54.7 Å². The van der Waals surface area contributed by atoms with Crippen molar-refractivity contribution in [2.24, 2.45) is 0 Å². The summed E-state index contributed by atoms with van der Waals surface area (Å²) in [5.74, 6) is 1.39. The number of piperazine rings is 1. The summed E-state index contributed by atoms with van der Waals surface area (Å²) in [4.78, 5) is 45.9. The first-order chi connectivity index (χ1) is 23.3. The molecule has 1 aromatic heterocycles. The van der Waals surface area contributed by atoms with Crippen LogP contribution < -0.4 is 14.4 Å². The number of ether oxygens (including phenoxy) is 3. The summed E-state index contributed by atoms with van der Waals surface area (Å²) in [5, 5.41) is 0. The molecule has 3 heterocycles. The summed E-state index contributed by atoms with van der Waals surface area (Å²) in [7, 11) is 1.64. The van der Waals surface area contributed by atoms with Gasteiger partial charge in [0, 0.05) is 49.9 Å². The average Bonchev–Trinajstić information content (AvgIpc) is 3.59. The van der Waals surface area contributed by atoms with E-state index in [2.05, 4.69) is 4.90 Å². The van der Waals surface area contributed by atoms with E-state index < -0.39 is 11.9 Å². The molecule has 0 radical (unpaired) electrons. The van der Waals surface area contributed by atoms with Gasteiger partial charge < -0.3 is 33.3 Å². The number of furan rings is 1. The van der Waals surface area contributed by atoms with Gasteiger partial charge in [-0.25, -0.2) is 4.79 Å². The number of esters is 1. The van der Waals surface area contributed by atoms with E-state index in [1.54, 1.807) is 38.0 Å². The normalized spacial score (nSPS) is 16.6. The van der Waals surface area contributed by atoms with Crippen LogP contribution in [-0.2, 0) is 20.9 Å². The van der Waals surface area contributed by atoms with Crippen LogP contribution in [0.15, 0.2) is 107 Å². The second-order valence-electron chi connectivity index (χ2n) is 11.7. The Bertz CT molecular complexity index is 1790. The summed E-state index contributed by atoms with van der Waals surface area (Å²) >= 11 is 0. The Hall–Kier alpha value is -5.51. The molecule has 6 rings (SSSR count). The second-order valence-corrected chi connectivity index (χ2v) is 11.7. The van der Waals surface area contributed by atoms with Gasteiger partial charge in [-0.3, -0.25) is 9.59 Å². The number of nitrogens with zero attached hydrogens (tertiary/aromatic N) is 3. The van der Waals surface area contributed by atoms with Crippen LogP contribution in [-0.4, -0.2) is 67.5 Å². The van der Waals surface area contributed by atoms with Gasteiger partial charge in [0.15, 0.2) is 5.76 Å². The first-order valence-corrected chi connectivity index (χ1v) is 16.1. The fraction of sp³-hybridized carbons (Fsp3) is 0.289. The van der Waals surface area contributed by atoms with Gasteiger partial charge in [-0.1, -0.05) is 30.3 Å². The van der Waals surface area contributed by atoms with Gasteiger partial charge in [0.25, 0.3) is 5.91 Å². The van der Waals surface area contributed by atoms with Crippen LogP contribution in [0.1, 0.15) is 48.1 Å². The molecule has 1 fully saturated rings. The highest BCUT2D eigenvalue weighted by atomic mass is 16.5. The quantitative estimate of drug-likeness (QED) is 0.182. The number of methoxy groups -OCH3 is 1. The summed E-state index contributed by atoms with van der Waals surface area (Å²) in [6, 6.07) is 28.1. The number of benzene rings is 3. The topological polar surface area (TPSA) is 102 Å². The van der Waals surface area contributed by atoms with Crippen molar-refractivity contribution in [1.29, 1.82) is 0 Å². The van der Waals surface area contributed by atoms with Gasteiger partial charge in [-0.05, 0) is 80.1 Å². The fourth-order valence-corrected chi connectivity index (χ4v) is 6.23. The maximum atomic E-state index is 13.6. The largest absolute Gasteiger partial charge is 0.497 e. The van der Waals surface area contributed by atoms with Crippen molar-refractivity contribution in [2.75, 3.05) is 44.8 Å². The van der Waals surface area contributed by atoms with Crippen molar-refractivity contribution < 1.29 is 33.0 Å². The molecule has 1 saturated heterocycles. The molecule has 10 heteroatoms. The highest BCUT2D eigenvalue weighted by molar-refractivity contribution is 5.96. The molecule has 10 nitrogen and oxygen atoms in total. The molecule has 1 unspecified atom stereocenters. The minimum atomic E-state index is -0.516. The van der Waals surface area contributed by atoms with Crippen molar-refractivity contribution in [3.63, 3.8) is 0 Å². The van der Waals surface area contributed by atoms with Gasteiger partial charge in [-0.15, -0.1) is 0 Å². The van der Waals surface area contributed by atoms with Crippen LogP contribution in [0.3, 0.4) is 0 Å².